The number of hydrogen-bond donors (Lipinski definition) is 2. The number of carboxylic acids is 1. The van der Waals surface area contributed by atoms with Gasteiger partial charge in [-0.1, -0.05) is 51.9 Å². The van der Waals surface area contributed by atoms with Crippen molar-refractivity contribution in [2.24, 2.45) is 17.6 Å². The Labute approximate surface area is 105 Å². The molecule has 1 rings (SSSR count). The quantitative estimate of drug-likeness (QED) is 0.609. The molecule has 0 heterocycles. The largest absolute Gasteiger partial charge is 0.481 e. The molecule has 1 saturated carbocycles. The van der Waals surface area contributed by atoms with Crippen LogP contribution in [0.3, 0.4) is 0 Å². The Morgan fingerprint density at radius 1 is 1.35 bits per heavy atom. The first-order chi connectivity index (χ1) is 8.09. The van der Waals surface area contributed by atoms with E-state index in [9.17, 15) is 4.79 Å². The monoisotopic (exact) mass is 241 g/mol. The van der Waals surface area contributed by atoms with E-state index in [1.807, 2.05) is 0 Å². The molecule has 0 saturated heterocycles. The van der Waals surface area contributed by atoms with E-state index in [4.69, 9.17) is 10.8 Å². The summed E-state index contributed by atoms with van der Waals surface area (Å²) in [6.45, 7) is 2.07. The lowest BCUT2D eigenvalue weighted by atomic mass is 9.81. The number of carboxylic acid groups (broad SMARTS) is 1. The Kier molecular flexibility index (Phi) is 6.56. The average molecular weight is 241 g/mol. The summed E-state index contributed by atoms with van der Waals surface area (Å²) in [5, 5.41) is 8.66. The predicted molar refractivity (Wildman–Crippen MR) is 69.8 cm³/mol. The third-order valence-corrected chi connectivity index (χ3v) is 4.14. The molecule has 0 amide bonds. The van der Waals surface area contributed by atoms with E-state index < -0.39 is 5.97 Å². The molecule has 2 atom stereocenters. The summed E-state index contributed by atoms with van der Waals surface area (Å²) in [5.74, 6) is 0.561. The summed E-state index contributed by atoms with van der Waals surface area (Å²) in [6, 6.07) is -0.181. The summed E-state index contributed by atoms with van der Waals surface area (Å²) in [7, 11) is 0. The number of hydrogen-bond acceptors (Lipinski definition) is 2. The zero-order valence-corrected chi connectivity index (χ0v) is 11.0. The normalized spacial score (nSPS) is 19.6. The molecule has 0 bridgehead atoms. The number of carbonyl (C=O) groups is 1. The average Bonchev–Trinajstić information content (AvgIpc) is 2.19. The molecule has 100 valence electrons. The highest BCUT2D eigenvalue weighted by molar-refractivity contribution is 5.67. The van der Waals surface area contributed by atoms with Crippen LogP contribution in [0.25, 0.3) is 0 Å². The minimum Gasteiger partial charge on any atom is -0.481 e. The van der Waals surface area contributed by atoms with Gasteiger partial charge in [-0.15, -0.1) is 0 Å². The maximum absolute atomic E-state index is 10.5. The molecule has 17 heavy (non-hydrogen) atoms. The third-order valence-electron chi connectivity index (χ3n) is 4.14. The third kappa shape index (κ3) is 6.06. The van der Waals surface area contributed by atoms with Crippen molar-refractivity contribution in [1.29, 1.82) is 0 Å². The second-order valence-corrected chi connectivity index (χ2v) is 5.67. The van der Waals surface area contributed by atoms with Gasteiger partial charge >= 0.3 is 5.97 Å². The standard InChI is InChI=1S/C14H27NO2/c1-11(13(15)10-14(16)17)6-3-2-4-7-12-8-5-9-12/h11-13H,2-10,15H2,1H3,(H,16,17)/t11-,13+/m0/s1. The summed E-state index contributed by atoms with van der Waals surface area (Å²) < 4.78 is 0. The van der Waals surface area contributed by atoms with Crippen molar-refractivity contribution in [3.63, 3.8) is 0 Å². The van der Waals surface area contributed by atoms with Crippen LogP contribution in [-0.4, -0.2) is 17.1 Å². The molecule has 0 radical (unpaired) electrons. The molecule has 1 aliphatic carbocycles. The smallest absolute Gasteiger partial charge is 0.304 e. The Morgan fingerprint density at radius 2 is 2.06 bits per heavy atom. The van der Waals surface area contributed by atoms with Gasteiger partial charge in [-0.3, -0.25) is 4.79 Å². The first-order valence-electron chi connectivity index (χ1n) is 7.07. The maximum atomic E-state index is 10.5. The molecule has 0 unspecified atom stereocenters. The van der Waals surface area contributed by atoms with Gasteiger partial charge in [-0.05, 0) is 18.3 Å². The van der Waals surface area contributed by atoms with Crippen LogP contribution in [0.5, 0.6) is 0 Å². The van der Waals surface area contributed by atoms with Crippen molar-refractivity contribution >= 4 is 5.97 Å². The Morgan fingerprint density at radius 3 is 2.59 bits per heavy atom. The van der Waals surface area contributed by atoms with Crippen LogP contribution in [0.15, 0.2) is 0 Å². The van der Waals surface area contributed by atoms with Crippen LogP contribution in [0, 0.1) is 11.8 Å². The number of unbranched alkanes of at least 4 members (excludes halogenated alkanes) is 2. The lowest BCUT2D eigenvalue weighted by Gasteiger charge is -2.25. The van der Waals surface area contributed by atoms with Crippen molar-refractivity contribution < 1.29 is 9.90 Å². The minimum atomic E-state index is -0.783. The van der Waals surface area contributed by atoms with Gasteiger partial charge in [0.05, 0.1) is 6.42 Å². The number of aliphatic carboxylic acids is 1. The van der Waals surface area contributed by atoms with Crippen LogP contribution in [-0.2, 0) is 4.79 Å². The van der Waals surface area contributed by atoms with Gasteiger partial charge in [0, 0.05) is 6.04 Å². The predicted octanol–water partition coefficient (Wildman–Crippen LogP) is 3.18. The summed E-state index contributed by atoms with van der Waals surface area (Å²) in [4.78, 5) is 10.5. The van der Waals surface area contributed by atoms with E-state index in [0.717, 1.165) is 12.3 Å². The van der Waals surface area contributed by atoms with E-state index in [-0.39, 0.29) is 12.5 Å². The number of nitrogens with two attached hydrogens (primary N) is 1. The van der Waals surface area contributed by atoms with Gasteiger partial charge in [0.15, 0.2) is 0 Å². The van der Waals surface area contributed by atoms with Crippen molar-refractivity contribution in [3.8, 4) is 0 Å². The highest BCUT2D eigenvalue weighted by Gasteiger charge is 2.17. The van der Waals surface area contributed by atoms with Crippen LogP contribution < -0.4 is 5.73 Å². The van der Waals surface area contributed by atoms with Crippen molar-refractivity contribution in [2.45, 2.75) is 70.8 Å². The van der Waals surface area contributed by atoms with E-state index in [0.29, 0.717) is 5.92 Å². The molecule has 3 heteroatoms. The van der Waals surface area contributed by atoms with Gasteiger partial charge in [-0.2, -0.15) is 0 Å². The zero-order chi connectivity index (χ0) is 12.7. The lowest BCUT2D eigenvalue weighted by Crippen LogP contribution is -2.30. The Balaban J connectivity index is 1.94. The summed E-state index contributed by atoms with van der Waals surface area (Å²) >= 11 is 0. The fourth-order valence-electron chi connectivity index (χ4n) is 2.47. The summed E-state index contributed by atoms with van der Waals surface area (Å²) in [5.41, 5.74) is 5.83. The Bertz CT molecular complexity index is 226. The van der Waals surface area contributed by atoms with Crippen molar-refractivity contribution in [3.05, 3.63) is 0 Å². The van der Waals surface area contributed by atoms with E-state index in [1.54, 1.807) is 0 Å². The van der Waals surface area contributed by atoms with Crippen LogP contribution in [0.2, 0.25) is 0 Å². The first kappa shape index (κ1) is 14.5. The molecular weight excluding hydrogens is 214 g/mol. The highest BCUT2D eigenvalue weighted by Crippen LogP contribution is 2.31. The van der Waals surface area contributed by atoms with Gasteiger partial charge < -0.3 is 10.8 Å². The molecule has 1 fully saturated rings. The molecule has 1 aliphatic rings. The highest BCUT2D eigenvalue weighted by atomic mass is 16.4. The SMILES string of the molecule is C[C@@H](CCCCCC1CCC1)[C@H](N)CC(=O)O. The lowest BCUT2D eigenvalue weighted by molar-refractivity contribution is -0.137. The minimum absolute atomic E-state index is 0.100. The van der Waals surface area contributed by atoms with E-state index >= 15 is 0 Å². The first-order valence-corrected chi connectivity index (χ1v) is 7.07. The second-order valence-electron chi connectivity index (χ2n) is 5.67. The van der Waals surface area contributed by atoms with Crippen molar-refractivity contribution in [2.75, 3.05) is 0 Å². The van der Waals surface area contributed by atoms with Gasteiger partial charge in [0.25, 0.3) is 0 Å². The molecular formula is C14H27NO2. The fraction of sp³-hybridized carbons (Fsp3) is 0.929. The molecule has 0 aromatic heterocycles. The summed E-state index contributed by atoms with van der Waals surface area (Å²) in [6.07, 6.45) is 10.7. The van der Waals surface area contributed by atoms with Crippen LogP contribution >= 0.6 is 0 Å². The van der Waals surface area contributed by atoms with E-state index in [1.165, 1.54) is 44.9 Å². The topological polar surface area (TPSA) is 63.3 Å². The maximum Gasteiger partial charge on any atom is 0.304 e. The molecule has 3 N–H and O–H groups in total. The van der Waals surface area contributed by atoms with Crippen LogP contribution in [0.4, 0.5) is 0 Å². The van der Waals surface area contributed by atoms with E-state index in [2.05, 4.69) is 6.92 Å². The number of rotatable bonds is 9. The van der Waals surface area contributed by atoms with Gasteiger partial charge in [0.1, 0.15) is 0 Å². The van der Waals surface area contributed by atoms with Crippen LogP contribution in [0.1, 0.15) is 64.7 Å². The fourth-order valence-corrected chi connectivity index (χ4v) is 2.47. The molecule has 0 spiro atoms. The Hall–Kier alpha value is -0.570. The molecule has 3 nitrogen and oxygen atoms in total. The molecule has 0 aromatic rings. The molecule has 0 aromatic carbocycles. The molecule has 0 aliphatic heterocycles. The second kappa shape index (κ2) is 7.70. The zero-order valence-electron chi connectivity index (χ0n) is 11.0. The van der Waals surface area contributed by atoms with Gasteiger partial charge in [-0.25, -0.2) is 0 Å². The van der Waals surface area contributed by atoms with Gasteiger partial charge in [0.2, 0.25) is 0 Å². The van der Waals surface area contributed by atoms with Crippen molar-refractivity contribution in [1.82, 2.24) is 0 Å².